The van der Waals surface area contributed by atoms with Gasteiger partial charge < -0.3 is 5.11 Å². The highest BCUT2D eigenvalue weighted by Crippen LogP contribution is 2.10. The standard InChI is InChI=1S/C12H10FN3O3S/c13-8-3-1-7(2-4-8)5-9-11(19)14-12(16-15-9)20-6-10(17)18/h1-4H,5-6H2,(H,17,18)(H,14,16,19). The molecule has 0 saturated carbocycles. The molecule has 0 bridgehead atoms. The minimum absolute atomic E-state index is 0.153. The van der Waals surface area contributed by atoms with Gasteiger partial charge in [0.05, 0.1) is 5.75 Å². The zero-order valence-electron chi connectivity index (χ0n) is 10.2. The molecule has 0 spiro atoms. The first-order valence-corrected chi connectivity index (χ1v) is 6.58. The Kier molecular flexibility index (Phi) is 4.46. The van der Waals surface area contributed by atoms with E-state index in [4.69, 9.17) is 5.11 Å². The molecule has 6 nitrogen and oxygen atoms in total. The minimum Gasteiger partial charge on any atom is -0.481 e. The fourth-order valence-corrected chi connectivity index (χ4v) is 1.98. The lowest BCUT2D eigenvalue weighted by Crippen LogP contribution is -2.18. The fourth-order valence-electron chi connectivity index (χ4n) is 1.45. The van der Waals surface area contributed by atoms with Crippen LogP contribution in [0.4, 0.5) is 4.39 Å². The number of aromatic nitrogens is 3. The van der Waals surface area contributed by atoms with E-state index in [-0.39, 0.29) is 28.8 Å². The number of hydrogen-bond donors (Lipinski definition) is 2. The summed E-state index contributed by atoms with van der Waals surface area (Å²) in [4.78, 5) is 24.6. The van der Waals surface area contributed by atoms with Crippen LogP contribution in [0.2, 0.25) is 0 Å². The van der Waals surface area contributed by atoms with Gasteiger partial charge in [-0.1, -0.05) is 23.9 Å². The summed E-state index contributed by atoms with van der Waals surface area (Å²) in [7, 11) is 0. The van der Waals surface area contributed by atoms with Gasteiger partial charge in [-0.3, -0.25) is 14.6 Å². The lowest BCUT2D eigenvalue weighted by molar-refractivity contribution is -0.133. The second-order valence-corrected chi connectivity index (χ2v) is 4.86. The summed E-state index contributed by atoms with van der Waals surface area (Å²) in [5.41, 5.74) is 0.491. The summed E-state index contributed by atoms with van der Waals surface area (Å²) in [5, 5.41) is 16.2. The zero-order valence-corrected chi connectivity index (χ0v) is 11.0. The average Bonchev–Trinajstić information content (AvgIpc) is 2.41. The maximum atomic E-state index is 12.8. The van der Waals surface area contributed by atoms with Crippen LogP contribution in [0.1, 0.15) is 11.3 Å². The first-order chi connectivity index (χ1) is 9.54. The molecule has 0 aliphatic rings. The Balaban J connectivity index is 2.11. The van der Waals surface area contributed by atoms with Crippen molar-refractivity contribution < 1.29 is 14.3 Å². The third-order valence-corrected chi connectivity index (χ3v) is 3.21. The van der Waals surface area contributed by atoms with E-state index in [2.05, 4.69) is 15.2 Å². The van der Waals surface area contributed by atoms with Crippen LogP contribution in [0.15, 0.2) is 34.2 Å². The van der Waals surface area contributed by atoms with Crippen LogP contribution in [0.5, 0.6) is 0 Å². The van der Waals surface area contributed by atoms with Gasteiger partial charge in [0.15, 0.2) is 5.16 Å². The summed E-state index contributed by atoms with van der Waals surface area (Å²) in [6.07, 6.45) is 0.229. The topological polar surface area (TPSA) is 95.9 Å². The van der Waals surface area contributed by atoms with Crippen LogP contribution >= 0.6 is 11.8 Å². The van der Waals surface area contributed by atoms with Crippen molar-refractivity contribution in [1.82, 2.24) is 15.2 Å². The number of thioether (sulfide) groups is 1. The molecular weight excluding hydrogens is 285 g/mol. The van der Waals surface area contributed by atoms with Crippen LogP contribution in [-0.2, 0) is 11.2 Å². The average molecular weight is 295 g/mol. The van der Waals surface area contributed by atoms with Crippen molar-refractivity contribution in [2.45, 2.75) is 11.6 Å². The van der Waals surface area contributed by atoms with Gasteiger partial charge in [-0.25, -0.2) is 4.39 Å². The van der Waals surface area contributed by atoms with Crippen LogP contribution in [0.25, 0.3) is 0 Å². The van der Waals surface area contributed by atoms with Gasteiger partial charge in [0.2, 0.25) is 0 Å². The summed E-state index contributed by atoms with van der Waals surface area (Å²) in [6, 6.07) is 5.72. The third-order valence-electron chi connectivity index (χ3n) is 2.36. The highest BCUT2D eigenvalue weighted by molar-refractivity contribution is 7.99. The number of carboxylic acids is 1. The number of benzene rings is 1. The number of carboxylic acid groups (broad SMARTS) is 1. The summed E-state index contributed by atoms with van der Waals surface area (Å²) in [6.45, 7) is 0. The van der Waals surface area contributed by atoms with Crippen molar-refractivity contribution in [2.75, 3.05) is 5.75 Å². The summed E-state index contributed by atoms with van der Waals surface area (Å²) < 4.78 is 12.8. The smallest absolute Gasteiger partial charge is 0.313 e. The van der Waals surface area contributed by atoms with Gasteiger partial charge in [0.1, 0.15) is 11.5 Å². The van der Waals surface area contributed by atoms with Crippen LogP contribution in [-0.4, -0.2) is 32.0 Å². The first-order valence-electron chi connectivity index (χ1n) is 5.59. The van der Waals surface area contributed by atoms with Crippen LogP contribution in [0.3, 0.4) is 0 Å². The van der Waals surface area contributed by atoms with Gasteiger partial charge in [-0.2, -0.15) is 0 Å². The minimum atomic E-state index is -1.01. The van der Waals surface area contributed by atoms with Crippen molar-refractivity contribution in [3.63, 3.8) is 0 Å². The van der Waals surface area contributed by atoms with E-state index in [0.717, 1.165) is 17.3 Å². The number of halogens is 1. The molecular formula is C12H10FN3O3S. The molecule has 0 amide bonds. The Bertz CT molecular complexity index is 672. The molecule has 0 aliphatic carbocycles. The van der Waals surface area contributed by atoms with E-state index in [1.54, 1.807) is 12.1 Å². The number of H-pyrrole nitrogens is 1. The molecule has 0 atom stereocenters. The van der Waals surface area contributed by atoms with E-state index < -0.39 is 11.5 Å². The van der Waals surface area contributed by atoms with E-state index in [9.17, 15) is 14.0 Å². The second kappa shape index (κ2) is 6.29. The lowest BCUT2D eigenvalue weighted by Gasteiger charge is -2.01. The molecule has 0 radical (unpaired) electrons. The molecule has 1 heterocycles. The molecule has 104 valence electrons. The molecule has 2 aromatic rings. The van der Waals surface area contributed by atoms with Crippen molar-refractivity contribution in [3.8, 4) is 0 Å². The number of carbonyl (C=O) groups is 1. The van der Waals surface area contributed by atoms with Crippen LogP contribution in [0, 0.1) is 5.82 Å². The predicted octanol–water partition coefficient (Wildman–Crippen LogP) is 1.07. The molecule has 0 unspecified atom stereocenters. The second-order valence-electron chi connectivity index (χ2n) is 3.89. The molecule has 0 fully saturated rings. The van der Waals surface area contributed by atoms with Crippen molar-refractivity contribution in [2.24, 2.45) is 0 Å². The van der Waals surface area contributed by atoms with Crippen LogP contribution < -0.4 is 5.56 Å². The quantitative estimate of drug-likeness (QED) is 0.801. The molecule has 0 aliphatic heterocycles. The number of aliphatic carboxylic acids is 1. The monoisotopic (exact) mass is 295 g/mol. The van der Waals surface area contributed by atoms with Gasteiger partial charge >= 0.3 is 5.97 Å². The van der Waals surface area contributed by atoms with E-state index in [1.807, 2.05) is 0 Å². The Morgan fingerprint density at radius 2 is 2.00 bits per heavy atom. The third kappa shape index (κ3) is 3.89. The molecule has 2 rings (SSSR count). The Morgan fingerprint density at radius 1 is 1.30 bits per heavy atom. The fraction of sp³-hybridized carbons (Fsp3) is 0.167. The lowest BCUT2D eigenvalue weighted by atomic mass is 10.1. The van der Waals surface area contributed by atoms with E-state index in [0.29, 0.717) is 0 Å². The van der Waals surface area contributed by atoms with Crippen molar-refractivity contribution >= 4 is 17.7 Å². The molecule has 1 aromatic heterocycles. The maximum Gasteiger partial charge on any atom is 0.313 e. The maximum absolute atomic E-state index is 12.8. The van der Waals surface area contributed by atoms with Crippen molar-refractivity contribution in [1.29, 1.82) is 0 Å². The largest absolute Gasteiger partial charge is 0.481 e. The molecule has 8 heteroatoms. The number of nitrogens with one attached hydrogen (secondary N) is 1. The molecule has 0 saturated heterocycles. The van der Waals surface area contributed by atoms with Gasteiger partial charge in [-0.05, 0) is 17.7 Å². The van der Waals surface area contributed by atoms with Gasteiger partial charge in [0, 0.05) is 6.42 Å². The normalized spacial score (nSPS) is 10.4. The summed E-state index contributed by atoms with van der Waals surface area (Å²) >= 11 is 0.881. The number of hydrogen-bond acceptors (Lipinski definition) is 5. The van der Waals surface area contributed by atoms with E-state index >= 15 is 0 Å². The Labute approximate surface area is 117 Å². The Hall–Kier alpha value is -2.22. The van der Waals surface area contributed by atoms with Gasteiger partial charge in [0.25, 0.3) is 5.56 Å². The zero-order chi connectivity index (χ0) is 14.5. The number of rotatable bonds is 5. The predicted molar refractivity (Wildman–Crippen MR) is 70.2 cm³/mol. The number of aromatic amines is 1. The Morgan fingerprint density at radius 3 is 2.60 bits per heavy atom. The SMILES string of the molecule is O=C(O)CSc1nnc(Cc2ccc(F)cc2)c(=O)[nH]1. The summed E-state index contributed by atoms with van der Waals surface area (Å²) in [5.74, 6) is -1.57. The highest BCUT2D eigenvalue weighted by Gasteiger charge is 2.08. The molecule has 2 N–H and O–H groups in total. The van der Waals surface area contributed by atoms with Crippen molar-refractivity contribution in [3.05, 3.63) is 51.7 Å². The number of nitrogens with zero attached hydrogens (tertiary/aromatic N) is 2. The molecule has 20 heavy (non-hydrogen) atoms. The molecule has 1 aromatic carbocycles. The van der Waals surface area contributed by atoms with Gasteiger partial charge in [-0.15, -0.1) is 10.2 Å². The van der Waals surface area contributed by atoms with E-state index in [1.165, 1.54) is 12.1 Å². The first kappa shape index (κ1) is 14.2. The highest BCUT2D eigenvalue weighted by atomic mass is 32.2.